The van der Waals surface area contributed by atoms with Gasteiger partial charge in [-0.3, -0.25) is 0 Å². The molecule has 0 aliphatic heterocycles. The summed E-state index contributed by atoms with van der Waals surface area (Å²) in [6, 6.07) is 3.10. The van der Waals surface area contributed by atoms with E-state index in [0.29, 0.717) is 12.5 Å². The topological polar surface area (TPSA) is 43.4 Å². The summed E-state index contributed by atoms with van der Waals surface area (Å²) in [5.41, 5.74) is 1.59. The zero-order valence-corrected chi connectivity index (χ0v) is 13.4. The van der Waals surface area contributed by atoms with Crippen molar-refractivity contribution in [2.45, 2.75) is 45.4 Å². The lowest BCUT2D eigenvalue weighted by atomic mass is 10.1. The van der Waals surface area contributed by atoms with E-state index in [1.807, 2.05) is 13.8 Å². The molecule has 0 saturated carbocycles. The predicted molar refractivity (Wildman–Crippen MR) is 78.5 cm³/mol. The highest BCUT2D eigenvalue weighted by Gasteiger charge is 2.15. The number of ether oxygens (including phenoxy) is 1. The van der Waals surface area contributed by atoms with Crippen molar-refractivity contribution in [3.8, 4) is 5.75 Å². The van der Waals surface area contributed by atoms with Gasteiger partial charge >= 0.3 is 0 Å². The largest absolute Gasteiger partial charge is 0.493 e. The molecule has 1 aromatic rings. The molecule has 0 amide bonds. The van der Waals surface area contributed by atoms with Crippen molar-refractivity contribution in [1.29, 1.82) is 0 Å². The van der Waals surface area contributed by atoms with Crippen LogP contribution in [0.4, 0.5) is 0 Å². The summed E-state index contributed by atoms with van der Waals surface area (Å²) in [4.78, 5) is 0.123. The quantitative estimate of drug-likeness (QED) is 0.745. The molecule has 0 bridgehead atoms. The van der Waals surface area contributed by atoms with Gasteiger partial charge in [0.25, 0.3) is 9.05 Å². The maximum atomic E-state index is 11.3. The SMILES string of the molecule is CCCC(C)COc1c(C)cc(S(=O)(=O)Cl)cc1C. The molecule has 19 heavy (non-hydrogen) atoms. The van der Waals surface area contributed by atoms with Gasteiger partial charge in [0.1, 0.15) is 5.75 Å². The summed E-state index contributed by atoms with van der Waals surface area (Å²) in [5.74, 6) is 1.24. The predicted octanol–water partition coefficient (Wildman–Crippen LogP) is 4.05. The second-order valence-electron chi connectivity index (χ2n) is 5.03. The number of aryl methyl sites for hydroxylation is 2. The molecule has 0 heterocycles. The van der Waals surface area contributed by atoms with Crippen molar-refractivity contribution < 1.29 is 13.2 Å². The minimum atomic E-state index is -3.69. The third-order valence-electron chi connectivity index (χ3n) is 3.01. The fourth-order valence-corrected chi connectivity index (χ4v) is 2.98. The summed E-state index contributed by atoms with van der Waals surface area (Å²) in [6.07, 6.45) is 2.25. The van der Waals surface area contributed by atoms with Crippen LogP contribution in [0.25, 0.3) is 0 Å². The van der Waals surface area contributed by atoms with Crippen LogP contribution in [-0.2, 0) is 9.05 Å². The van der Waals surface area contributed by atoms with Gasteiger partial charge in [-0.15, -0.1) is 0 Å². The lowest BCUT2D eigenvalue weighted by molar-refractivity contribution is 0.248. The zero-order chi connectivity index (χ0) is 14.6. The standard InChI is InChI=1S/C14H21ClO3S/c1-5-6-10(2)9-18-14-11(3)7-13(8-12(14)4)19(15,16)17/h7-8,10H,5-6,9H2,1-4H3. The van der Waals surface area contributed by atoms with Crippen LogP contribution in [0.1, 0.15) is 37.8 Å². The molecule has 0 fully saturated rings. The Morgan fingerprint density at radius 3 is 2.21 bits per heavy atom. The smallest absolute Gasteiger partial charge is 0.261 e. The van der Waals surface area contributed by atoms with Gasteiger partial charge in [-0.05, 0) is 49.4 Å². The van der Waals surface area contributed by atoms with E-state index < -0.39 is 9.05 Å². The number of halogens is 1. The van der Waals surface area contributed by atoms with Gasteiger partial charge in [-0.1, -0.05) is 20.3 Å². The Kier molecular flexibility index (Phi) is 5.68. The molecule has 0 N–H and O–H groups in total. The molecule has 3 nitrogen and oxygen atoms in total. The first-order valence-corrected chi connectivity index (χ1v) is 8.75. The normalized spacial score (nSPS) is 13.3. The molecular formula is C14H21ClO3S. The molecule has 1 unspecified atom stereocenters. The third kappa shape index (κ3) is 4.69. The summed E-state index contributed by atoms with van der Waals surface area (Å²) < 4.78 is 28.5. The number of benzene rings is 1. The molecule has 0 aromatic heterocycles. The van der Waals surface area contributed by atoms with Gasteiger partial charge < -0.3 is 4.74 Å². The van der Waals surface area contributed by atoms with Crippen LogP contribution >= 0.6 is 10.7 Å². The second-order valence-corrected chi connectivity index (χ2v) is 7.59. The van der Waals surface area contributed by atoms with Gasteiger partial charge in [0.2, 0.25) is 0 Å². The van der Waals surface area contributed by atoms with Crippen LogP contribution in [0, 0.1) is 19.8 Å². The Morgan fingerprint density at radius 2 is 1.79 bits per heavy atom. The first kappa shape index (κ1) is 16.3. The Balaban J connectivity index is 2.92. The van der Waals surface area contributed by atoms with Crippen molar-refractivity contribution in [2.24, 2.45) is 5.92 Å². The highest BCUT2D eigenvalue weighted by Crippen LogP contribution is 2.28. The van der Waals surface area contributed by atoms with Crippen molar-refractivity contribution in [3.63, 3.8) is 0 Å². The van der Waals surface area contributed by atoms with Crippen molar-refractivity contribution >= 4 is 19.7 Å². The molecule has 0 aliphatic rings. The van der Waals surface area contributed by atoms with E-state index in [1.165, 1.54) is 0 Å². The average molecular weight is 305 g/mol. The Hall–Kier alpha value is -0.740. The highest BCUT2D eigenvalue weighted by atomic mass is 35.7. The molecule has 1 rings (SSSR count). The number of hydrogen-bond donors (Lipinski definition) is 0. The minimum absolute atomic E-state index is 0.123. The zero-order valence-electron chi connectivity index (χ0n) is 11.9. The average Bonchev–Trinajstić information content (AvgIpc) is 2.26. The van der Waals surface area contributed by atoms with Crippen LogP contribution in [0.5, 0.6) is 5.75 Å². The van der Waals surface area contributed by atoms with Crippen molar-refractivity contribution in [1.82, 2.24) is 0 Å². The van der Waals surface area contributed by atoms with Crippen LogP contribution < -0.4 is 4.74 Å². The van der Waals surface area contributed by atoms with Gasteiger partial charge in [0.15, 0.2) is 0 Å². The molecular weight excluding hydrogens is 284 g/mol. The number of hydrogen-bond acceptors (Lipinski definition) is 3. The van der Waals surface area contributed by atoms with E-state index in [2.05, 4.69) is 13.8 Å². The fraction of sp³-hybridized carbons (Fsp3) is 0.571. The minimum Gasteiger partial charge on any atom is -0.493 e. The van der Waals surface area contributed by atoms with Gasteiger partial charge in [0.05, 0.1) is 11.5 Å². The first-order chi connectivity index (χ1) is 8.75. The molecule has 0 saturated heterocycles. The molecule has 1 aromatic carbocycles. The van der Waals surface area contributed by atoms with Gasteiger partial charge in [-0.25, -0.2) is 8.42 Å². The lowest BCUT2D eigenvalue weighted by Gasteiger charge is -2.16. The summed E-state index contributed by atoms with van der Waals surface area (Å²) in [7, 11) is 1.67. The molecule has 0 radical (unpaired) electrons. The van der Waals surface area contributed by atoms with E-state index >= 15 is 0 Å². The second kappa shape index (κ2) is 6.62. The van der Waals surface area contributed by atoms with E-state index in [4.69, 9.17) is 15.4 Å². The monoisotopic (exact) mass is 304 g/mol. The van der Waals surface area contributed by atoms with Crippen LogP contribution in [0.15, 0.2) is 17.0 Å². The summed E-state index contributed by atoms with van der Waals surface area (Å²) in [5, 5.41) is 0. The van der Waals surface area contributed by atoms with Crippen LogP contribution in [0.3, 0.4) is 0 Å². The maximum Gasteiger partial charge on any atom is 0.261 e. The van der Waals surface area contributed by atoms with E-state index in [1.54, 1.807) is 12.1 Å². The molecule has 0 spiro atoms. The van der Waals surface area contributed by atoms with E-state index in [9.17, 15) is 8.42 Å². The third-order valence-corrected chi connectivity index (χ3v) is 4.34. The summed E-state index contributed by atoms with van der Waals surface area (Å²) in [6.45, 7) is 8.60. The Bertz CT molecular complexity index is 515. The molecule has 5 heteroatoms. The fourth-order valence-electron chi connectivity index (χ4n) is 2.08. The van der Waals surface area contributed by atoms with E-state index in [-0.39, 0.29) is 4.90 Å². The molecule has 108 valence electrons. The van der Waals surface area contributed by atoms with Crippen molar-refractivity contribution in [3.05, 3.63) is 23.3 Å². The Labute approximate surface area is 120 Å². The Morgan fingerprint density at radius 1 is 1.26 bits per heavy atom. The van der Waals surface area contributed by atoms with Gasteiger partial charge in [0, 0.05) is 10.7 Å². The maximum absolute atomic E-state index is 11.3. The first-order valence-electron chi connectivity index (χ1n) is 6.44. The molecule has 1 atom stereocenters. The lowest BCUT2D eigenvalue weighted by Crippen LogP contribution is -2.10. The highest BCUT2D eigenvalue weighted by molar-refractivity contribution is 8.13. The van der Waals surface area contributed by atoms with Crippen LogP contribution in [-0.4, -0.2) is 15.0 Å². The number of rotatable bonds is 6. The van der Waals surface area contributed by atoms with Crippen LogP contribution in [0.2, 0.25) is 0 Å². The van der Waals surface area contributed by atoms with Gasteiger partial charge in [-0.2, -0.15) is 0 Å². The van der Waals surface area contributed by atoms with Crippen molar-refractivity contribution in [2.75, 3.05) is 6.61 Å². The summed E-state index contributed by atoms with van der Waals surface area (Å²) >= 11 is 0. The van der Waals surface area contributed by atoms with E-state index in [0.717, 1.165) is 29.7 Å². The molecule has 0 aliphatic carbocycles.